The summed E-state index contributed by atoms with van der Waals surface area (Å²) in [6, 6.07) is 10.0. The van der Waals surface area contributed by atoms with Gasteiger partial charge in [0.05, 0.1) is 23.3 Å². The van der Waals surface area contributed by atoms with Crippen LogP contribution < -0.4 is 10.6 Å². The third kappa shape index (κ3) is 4.52. The van der Waals surface area contributed by atoms with E-state index in [9.17, 15) is 19.7 Å². The quantitative estimate of drug-likeness (QED) is 0.355. The molecule has 0 saturated carbocycles. The predicted molar refractivity (Wildman–Crippen MR) is 99.6 cm³/mol. The fourth-order valence-corrected chi connectivity index (χ4v) is 2.39. The van der Waals surface area contributed by atoms with Crippen molar-refractivity contribution in [3.63, 3.8) is 0 Å². The van der Waals surface area contributed by atoms with Gasteiger partial charge in [-0.2, -0.15) is 0 Å². The molecule has 0 radical (unpaired) electrons. The van der Waals surface area contributed by atoms with Crippen molar-refractivity contribution in [3.8, 4) is 0 Å². The minimum atomic E-state index is -0.692. The molecule has 2 rings (SSSR count). The van der Waals surface area contributed by atoms with Crippen molar-refractivity contribution in [3.05, 3.63) is 68.7 Å². The number of rotatable bonds is 4. The molecule has 134 valence electrons. The molecule has 0 unspecified atom stereocenters. The van der Waals surface area contributed by atoms with Crippen LogP contribution in [0.1, 0.15) is 20.7 Å². The van der Waals surface area contributed by atoms with Crippen molar-refractivity contribution in [2.24, 2.45) is 0 Å². The molecule has 2 aromatic carbocycles. The van der Waals surface area contributed by atoms with E-state index >= 15 is 0 Å². The molecule has 0 aromatic heterocycles. The second kappa shape index (κ2) is 8.37. The number of para-hydroxylation sites is 1. The lowest BCUT2D eigenvalue weighted by atomic mass is 10.2. The summed E-state index contributed by atoms with van der Waals surface area (Å²) >= 11 is 10.8. The first-order valence-electron chi connectivity index (χ1n) is 7.07. The van der Waals surface area contributed by atoms with Gasteiger partial charge in [0.2, 0.25) is 0 Å². The summed E-state index contributed by atoms with van der Waals surface area (Å²) in [4.78, 5) is 34.1. The number of carbonyl (C=O) groups excluding carboxylic acids is 2. The number of hydrogen-bond acceptors (Lipinski definition) is 6. The molecule has 26 heavy (non-hydrogen) atoms. The molecule has 2 aromatic rings. The van der Waals surface area contributed by atoms with Crippen LogP contribution in [0.5, 0.6) is 0 Å². The zero-order valence-electron chi connectivity index (χ0n) is 13.3. The van der Waals surface area contributed by atoms with Crippen LogP contribution in [0, 0.1) is 10.1 Å². The Morgan fingerprint density at radius 3 is 2.58 bits per heavy atom. The summed E-state index contributed by atoms with van der Waals surface area (Å²) in [5.41, 5.74) is 0.182. The van der Waals surface area contributed by atoms with Gasteiger partial charge in [-0.3, -0.25) is 20.2 Å². The minimum absolute atomic E-state index is 0.00602. The number of nitro benzene ring substituents is 1. The molecule has 0 saturated heterocycles. The average Bonchev–Trinajstić information content (AvgIpc) is 2.61. The Morgan fingerprint density at radius 2 is 1.92 bits per heavy atom. The van der Waals surface area contributed by atoms with Gasteiger partial charge in [0, 0.05) is 11.6 Å². The number of anilines is 1. The van der Waals surface area contributed by atoms with Crippen LogP contribution in [-0.2, 0) is 4.74 Å². The van der Waals surface area contributed by atoms with E-state index in [-0.39, 0.29) is 21.3 Å². The zero-order chi connectivity index (χ0) is 19.3. The van der Waals surface area contributed by atoms with Crippen molar-refractivity contribution in [1.29, 1.82) is 0 Å². The normalized spacial score (nSPS) is 9.92. The molecule has 0 spiro atoms. The molecule has 0 aliphatic heterocycles. The lowest BCUT2D eigenvalue weighted by molar-refractivity contribution is -0.384. The SMILES string of the molecule is COC(=O)c1ccccc1NC(=S)NC(=O)c1ccc(Cl)c([N+](=O)[O-])c1. The highest BCUT2D eigenvalue weighted by molar-refractivity contribution is 7.80. The first kappa shape index (κ1) is 19.3. The van der Waals surface area contributed by atoms with Crippen molar-refractivity contribution in [2.75, 3.05) is 12.4 Å². The first-order chi connectivity index (χ1) is 12.3. The number of ether oxygens (including phenoxy) is 1. The summed E-state index contributed by atoms with van der Waals surface area (Å²) < 4.78 is 4.67. The number of benzene rings is 2. The summed E-state index contributed by atoms with van der Waals surface area (Å²) in [5, 5.41) is 15.8. The fraction of sp³-hybridized carbons (Fsp3) is 0.0625. The first-order valence-corrected chi connectivity index (χ1v) is 7.85. The smallest absolute Gasteiger partial charge is 0.339 e. The summed E-state index contributed by atoms with van der Waals surface area (Å²) in [6.45, 7) is 0. The van der Waals surface area contributed by atoms with Crippen LogP contribution in [0.4, 0.5) is 11.4 Å². The molecule has 2 N–H and O–H groups in total. The van der Waals surface area contributed by atoms with Crippen LogP contribution in [-0.4, -0.2) is 29.0 Å². The molecule has 0 heterocycles. The van der Waals surface area contributed by atoms with E-state index in [4.69, 9.17) is 23.8 Å². The number of nitro groups is 1. The lowest BCUT2D eigenvalue weighted by Crippen LogP contribution is -2.34. The Hall–Kier alpha value is -3.04. The zero-order valence-corrected chi connectivity index (χ0v) is 14.9. The average molecular weight is 394 g/mol. The predicted octanol–water partition coefficient (Wildman–Crippen LogP) is 3.16. The van der Waals surface area contributed by atoms with Crippen LogP contribution in [0.2, 0.25) is 5.02 Å². The maximum Gasteiger partial charge on any atom is 0.339 e. The van der Waals surface area contributed by atoms with Crippen molar-refractivity contribution in [1.82, 2.24) is 5.32 Å². The fourth-order valence-electron chi connectivity index (χ4n) is 2.00. The van der Waals surface area contributed by atoms with Crippen LogP contribution >= 0.6 is 23.8 Å². The van der Waals surface area contributed by atoms with E-state index in [2.05, 4.69) is 15.4 Å². The number of methoxy groups -OCH3 is 1. The second-order valence-corrected chi connectivity index (χ2v) is 5.68. The van der Waals surface area contributed by atoms with Gasteiger partial charge in [-0.15, -0.1) is 0 Å². The van der Waals surface area contributed by atoms with Gasteiger partial charge in [-0.05, 0) is 36.5 Å². The van der Waals surface area contributed by atoms with Crippen LogP contribution in [0.25, 0.3) is 0 Å². The Kier molecular flexibility index (Phi) is 6.21. The Balaban J connectivity index is 2.14. The number of esters is 1. The van der Waals surface area contributed by atoms with E-state index in [0.717, 1.165) is 6.07 Å². The molecule has 0 aliphatic rings. The van der Waals surface area contributed by atoms with Gasteiger partial charge in [0.1, 0.15) is 5.02 Å². The number of halogens is 1. The highest BCUT2D eigenvalue weighted by Gasteiger charge is 2.18. The third-order valence-electron chi connectivity index (χ3n) is 3.21. The van der Waals surface area contributed by atoms with E-state index in [1.165, 1.54) is 25.3 Å². The number of nitrogens with one attached hydrogen (secondary N) is 2. The molecule has 0 fully saturated rings. The van der Waals surface area contributed by atoms with E-state index in [0.29, 0.717) is 5.69 Å². The number of nitrogens with zero attached hydrogens (tertiary/aromatic N) is 1. The molecule has 8 nitrogen and oxygen atoms in total. The Bertz CT molecular complexity index is 903. The summed E-state index contributed by atoms with van der Waals surface area (Å²) in [5.74, 6) is -1.24. The highest BCUT2D eigenvalue weighted by Crippen LogP contribution is 2.25. The molecular weight excluding hydrogens is 382 g/mol. The molecule has 10 heteroatoms. The topological polar surface area (TPSA) is 111 Å². The second-order valence-electron chi connectivity index (χ2n) is 4.87. The van der Waals surface area contributed by atoms with E-state index < -0.39 is 22.5 Å². The number of amides is 1. The minimum Gasteiger partial charge on any atom is -0.465 e. The van der Waals surface area contributed by atoms with Gasteiger partial charge in [0.25, 0.3) is 11.6 Å². The van der Waals surface area contributed by atoms with Gasteiger partial charge < -0.3 is 10.1 Å². The molecule has 0 bridgehead atoms. The van der Waals surface area contributed by atoms with Gasteiger partial charge >= 0.3 is 5.97 Å². The number of thiocarbonyl (C=S) groups is 1. The van der Waals surface area contributed by atoms with Gasteiger partial charge in [0.15, 0.2) is 5.11 Å². The Labute approximate surface area is 158 Å². The van der Waals surface area contributed by atoms with Crippen molar-refractivity contribution in [2.45, 2.75) is 0 Å². The number of carbonyl (C=O) groups is 2. The monoisotopic (exact) mass is 393 g/mol. The third-order valence-corrected chi connectivity index (χ3v) is 3.74. The largest absolute Gasteiger partial charge is 0.465 e. The molecule has 0 atom stereocenters. The molecule has 1 amide bonds. The van der Waals surface area contributed by atoms with Gasteiger partial charge in [-0.25, -0.2) is 4.79 Å². The maximum absolute atomic E-state index is 12.2. The van der Waals surface area contributed by atoms with Crippen molar-refractivity contribution >= 4 is 52.2 Å². The van der Waals surface area contributed by atoms with Crippen LogP contribution in [0.15, 0.2) is 42.5 Å². The number of hydrogen-bond donors (Lipinski definition) is 2. The maximum atomic E-state index is 12.2. The molecule has 0 aliphatic carbocycles. The van der Waals surface area contributed by atoms with Crippen molar-refractivity contribution < 1.29 is 19.2 Å². The standard InChI is InChI=1S/C16H12ClN3O5S/c1-25-15(22)10-4-2-3-5-12(10)18-16(26)19-14(21)9-6-7-11(17)13(8-9)20(23)24/h2-8H,1H3,(H2,18,19,21,26). The van der Waals surface area contributed by atoms with E-state index in [1.54, 1.807) is 18.2 Å². The summed E-state index contributed by atoms with van der Waals surface area (Å²) in [7, 11) is 1.24. The molecular formula is C16H12ClN3O5S. The highest BCUT2D eigenvalue weighted by atomic mass is 35.5. The van der Waals surface area contributed by atoms with Crippen LogP contribution in [0.3, 0.4) is 0 Å². The van der Waals surface area contributed by atoms with E-state index in [1.807, 2.05) is 0 Å². The van der Waals surface area contributed by atoms with Gasteiger partial charge in [-0.1, -0.05) is 23.7 Å². The summed E-state index contributed by atoms with van der Waals surface area (Å²) in [6.07, 6.45) is 0. The lowest BCUT2D eigenvalue weighted by Gasteiger charge is -2.12. The Morgan fingerprint density at radius 1 is 1.23 bits per heavy atom.